The van der Waals surface area contributed by atoms with Crippen LogP contribution < -0.4 is 0 Å². The van der Waals surface area contributed by atoms with Crippen LogP contribution in [0.15, 0.2) is 12.3 Å². The number of H-pyrrole nitrogens is 1. The minimum Gasteiger partial charge on any atom is -0.367 e. The van der Waals surface area contributed by atoms with Crippen LogP contribution >= 0.6 is 0 Å². The molecule has 2 aromatic rings. The Morgan fingerprint density at radius 3 is 3.00 bits per heavy atom. The standard InChI is InChI=1S/C12H15N3O/c1-7-5-6-13-12-10(7)14-11(15-12)9-4-3-8(2)16-9/h5-6,8-9H,3-4H2,1-2H3,(H,13,14,15). The number of nitrogens with one attached hydrogen (secondary N) is 1. The quantitative estimate of drug-likeness (QED) is 0.798. The first-order valence-corrected chi connectivity index (χ1v) is 5.70. The molecule has 1 N–H and O–H groups in total. The van der Waals surface area contributed by atoms with E-state index in [4.69, 9.17) is 4.74 Å². The van der Waals surface area contributed by atoms with Gasteiger partial charge < -0.3 is 9.72 Å². The van der Waals surface area contributed by atoms with E-state index in [1.54, 1.807) is 6.20 Å². The van der Waals surface area contributed by atoms with Gasteiger partial charge in [0.15, 0.2) is 5.65 Å². The molecule has 3 heterocycles. The summed E-state index contributed by atoms with van der Waals surface area (Å²) >= 11 is 0. The first kappa shape index (κ1) is 9.78. The zero-order chi connectivity index (χ0) is 11.1. The van der Waals surface area contributed by atoms with Crippen molar-refractivity contribution >= 4 is 11.2 Å². The second-order valence-electron chi connectivity index (χ2n) is 4.46. The van der Waals surface area contributed by atoms with Crippen LogP contribution in [0, 0.1) is 6.92 Å². The third kappa shape index (κ3) is 1.50. The van der Waals surface area contributed by atoms with E-state index in [1.807, 2.05) is 6.07 Å². The second kappa shape index (κ2) is 3.56. The molecule has 0 radical (unpaired) electrons. The van der Waals surface area contributed by atoms with E-state index >= 15 is 0 Å². The van der Waals surface area contributed by atoms with Crippen LogP contribution in [0.4, 0.5) is 0 Å². The lowest BCUT2D eigenvalue weighted by atomic mass is 10.2. The average molecular weight is 217 g/mol. The minimum atomic E-state index is 0.114. The van der Waals surface area contributed by atoms with Crippen LogP contribution in [0.5, 0.6) is 0 Å². The molecular weight excluding hydrogens is 202 g/mol. The van der Waals surface area contributed by atoms with Crippen molar-refractivity contribution < 1.29 is 4.74 Å². The highest BCUT2D eigenvalue weighted by Gasteiger charge is 2.26. The van der Waals surface area contributed by atoms with Gasteiger partial charge in [0, 0.05) is 6.20 Å². The second-order valence-corrected chi connectivity index (χ2v) is 4.46. The molecule has 1 aliphatic rings. The maximum absolute atomic E-state index is 5.80. The van der Waals surface area contributed by atoms with E-state index in [1.165, 1.54) is 5.56 Å². The van der Waals surface area contributed by atoms with Crippen LogP contribution in [0.25, 0.3) is 11.2 Å². The Labute approximate surface area is 94.1 Å². The Bertz CT molecular complexity index is 520. The van der Waals surface area contributed by atoms with Crippen LogP contribution in [0.1, 0.15) is 37.3 Å². The van der Waals surface area contributed by atoms with Crippen molar-refractivity contribution in [3.05, 3.63) is 23.7 Å². The highest BCUT2D eigenvalue weighted by Crippen LogP contribution is 2.31. The van der Waals surface area contributed by atoms with E-state index in [-0.39, 0.29) is 6.10 Å². The summed E-state index contributed by atoms with van der Waals surface area (Å²) in [7, 11) is 0. The van der Waals surface area contributed by atoms with Crippen LogP contribution in [-0.2, 0) is 4.74 Å². The molecule has 0 spiro atoms. The number of aromatic amines is 1. The van der Waals surface area contributed by atoms with Gasteiger partial charge in [-0.1, -0.05) is 0 Å². The van der Waals surface area contributed by atoms with Crippen LogP contribution in [0.2, 0.25) is 0 Å². The van der Waals surface area contributed by atoms with Crippen molar-refractivity contribution in [1.29, 1.82) is 0 Å². The fourth-order valence-electron chi connectivity index (χ4n) is 2.21. The summed E-state index contributed by atoms with van der Waals surface area (Å²) in [5.74, 6) is 0.918. The Morgan fingerprint density at radius 2 is 2.31 bits per heavy atom. The summed E-state index contributed by atoms with van der Waals surface area (Å²) in [5, 5.41) is 0. The molecule has 84 valence electrons. The van der Waals surface area contributed by atoms with E-state index in [0.29, 0.717) is 6.10 Å². The summed E-state index contributed by atoms with van der Waals surface area (Å²) in [5.41, 5.74) is 2.99. The molecule has 0 aliphatic carbocycles. The largest absolute Gasteiger partial charge is 0.367 e. The van der Waals surface area contributed by atoms with Crippen molar-refractivity contribution in [3.8, 4) is 0 Å². The van der Waals surface area contributed by atoms with Gasteiger partial charge in [0.1, 0.15) is 11.9 Å². The summed E-state index contributed by atoms with van der Waals surface area (Å²) < 4.78 is 5.80. The summed E-state index contributed by atoms with van der Waals surface area (Å²) in [6, 6.07) is 1.99. The number of aromatic nitrogens is 3. The van der Waals surface area contributed by atoms with Crippen LogP contribution in [0.3, 0.4) is 0 Å². The minimum absolute atomic E-state index is 0.114. The monoisotopic (exact) mass is 217 g/mol. The number of imidazole rings is 1. The van der Waals surface area contributed by atoms with Gasteiger partial charge in [0.25, 0.3) is 0 Å². The lowest BCUT2D eigenvalue weighted by Crippen LogP contribution is -2.02. The maximum atomic E-state index is 5.80. The van der Waals surface area contributed by atoms with Crippen molar-refractivity contribution in [2.24, 2.45) is 0 Å². The smallest absolute Gasteiger partial charge is 0.178 e. The molecule has 1 saturated heterocycles. The number of nitrogens with zero attached hydrogens (tertiary/aromatic N) is 2. The van der Waals surface area contributed by atoms with Gasteiger partial charge in [-0.15, -0.1) is 0 Å². The molecule has 16 heavy (non-hydrogen) atoms. The lowest BCUT2D eigenvalue weighted by molar-refractivity contribution is 0.0510. The molecule has 4 nitrogen and oxygen atoms in total. The molecule has 1 fully saturated rings. The average Bonchev–Trinajstić information content (AvgIpc) is 2.84. The molecular formula is C12H15N3O. The lowest BCUT2D eigenvalue weighted by Gasteiger charge is -2.06. The molecule has 0 saturated carbocycles. The summed E-state index contributed by atoms with van der Waals surface area (Å²) in [6.45, 7) is 4.16. The van der Waals surface area contributed by atoms with Crippen molar-refractivity contribution in [3.63, 3.8) is 0 Å². The van der Waals surface area contributed by atoms with Gasteiger partial charge in [-0.3, -0.25) is 0 Å². The number of aryl methyl sites for hydroxylation is 1. The number of ether oxygens (including phenoxy) is 1. The van der Waals surface area contributed by atoms with Gasteiger partial charge in [0.05, 0.1) is 11.6 Å². The van der Waals surface area contributed by atoms with Gasteiger partial charge in [-0.05, 0) is 38.3 Å². The summed E-state index contributed by atoms with van der Waals surface area (Å²) in [6.07, 6.45) is 4.39. The maximum Gasteiger partial charge on any atom is 0.178 e. The highest BCUT2D eigenvalue weighted by molar-refractivity contribution is 5.74. The molecule has 3 rings (SSSR count). The zero-order valence-corrected chi connectivity index (χ0v) is 9.53. The molecule has 2 aromatic heterocycles. The van der Waals surface area contributed by atoms with Gasteiger partial charge >= 0.3 is 0 Å². The van der Waals surface area contributed by atoms with E-state index in [2.05, 4.69) is 28.8 Å². The van der Waals surface area contributed by atoms with Crippen molar-refractivity contribution in [1.82, 2.24) is 15.0 Å². The van der Waals surface area contributed by atoms with Gasteiger partial charge in [-0.25, -0.2) is 9.97 Å². The molecule has 2 unspecified atom stereocenters. The molecule has 0 amide bonds. The van der Waals surface area contributed by atoms with Crippen molar-refractivity contribution in [2.45, 2.75) is 38.9 Å². The first-order chi connectivity index (χ1) is 7.74. The van der Waals surface area contributed by atoms with Gasteiger partial charge in [-0.2, -0.15) is 0 Å². The SMILES string of the molecule is Cc1ccnc2nc(C3CCC(C)O3)[nH]c12. The molecule has 4 heteroatoms. The molecule has 2 atom stereocenters. The number of rotatable bonds is 1. The Kier molecular flexibility index (Phi) is 2.17. The Balaban J connectivity index is 2.02. The summed E-state index contributed by atoms with van der Waals surface area (Å²) in [4.78, 5) is 12.1. The van der Waals surface area contributed by atoms with Crippen LogP contribution in [-0.4, -0.2) is 21.1 Å². The predicted octanol–water partition coefficient (Wildman–Crippen LogP) is 2.51. The predicted molar refractivity (Wildman–Crippen MR) is 61.1 cm³/mol. The number of hydrogen-bond donors (Lipinski definition) is 1. The van der Waals surface area contributed by atoms with Crippen molar-refractivity contribution in [2.75, 3.05) is 0 Å². The molecule has 1 aliphatic heterocycles. The first-order valence-electron chi connectivity index (χ1n) is 5.70. The van der Waals surface area contributed by atoms with Gasteiger partial charge in [0.2, 0.25) is 0 Å². The molecule has 0 bridgehead atoms. The third-order valence-electron chi connectivity index (χ3n) is 3.16. The Hall–Kier alpha value is -1.42. The fourth-order valence-corrected chi connectivity index (χ4v) is 2.21. The third-order valence-corrected chi connectivity index (χ3v) is 3.16. The topological polar surface area (TPSA) is 50.8 Å². The van der Waals surface area contributed by atoms with E-state index in [0.717, 1.165) is 29.8 Å². The zero-order valence-electron chi connectivity index (χ0n) is 9.53. The van der Waals surface area contributed by atoms with E-state index in [9.17, 15) is 0 Å². The normalized spacial score (nSPS) is 25.4. The molecule has 0 aromatic carbocycles. The number of hydrogen-bond acceptors (Lipinski definition) is 3. The fraction of sp³-hybridized carbons (Fsp3) is 0.500. The van der Waals surface area contributed by atoms with E-state index < -0.39 is 0 Å². The number of fused-ring (bicyclic) bond motifs is 1. The number of pyridine rings is 1. The highest BCUT2D eigenvalue weighted by atomic mass is 16.5. The Morgan fingerprint density at radius 1 is 1.44 bits per heavy atom.